The zero-order valence-corrected chi connectivity index (χ0v) is 14.5. The third-order valence-corrected chi connectivity index (χ3v) is 3.70. The number of hydrogen-bond acceptors (Lipinski definition) is 5. The maximum atomic E-state index is 11.8. The SMILES string of the molecule is O=C(COC(=O)/C=C/c1ccc2c(c1)OCCO2)Nc1ccc(Cl)cc1. The molecule has 0 spiro atoms. The van der Waals surface area contributed by atoms with Crippen LogP contribution in [-0.2, 0) is 14.3 Å². The molecule has 2 aromatic rings. The van der Waals surface area contributed by atoms with Gasteiger partial charge in [-0.15, -0.1) is 0 Å². The highest BCUT2D eigenvalue weighted by molar-refractivity contribution is 6.30. The topological polar surface area (TPSA) is 73.9 Å². The Morgan fingerprint density at radius 2 is 1.81 bits per heavy atom. The third kappa shape index (κ3) is 5.00. The number of rotatable bonds is 5. The molecule has 1 aliphatic rings. The van der Waals surface area contributed by atoms with E-state index in [1.807, 2.05) is 0 Å². The van der Waals surface area contributed by atoms with Gasteiger partial charge in [0.25, 0.3) is 5.91 Å². The molecule has 0 radical (unpaired) electrons. The summed E-state index contributed by atoms with van der Waals surface area (Å²) in [4.78, 5) is 23.5. The molecule has 0 unspecified atom stereocenters. The molecule has 1 aliphatic heterocycles. The van der Waals surface area contributed by atoms with Crippen LogP contribution < -0.4 is 14.8 Å². The smallest absolute Gasteiger partial charge is 0.331 e. The predicted molar refractivity (Wildman–Crippen MR) is 97.5 cm³/mol. The number of benzene rings is 2. The molecule has 134 valence electrons. The Bertz CT molecular complexity index is 832. The van der Waals surface area contributed by atoms with E-state index in [4.69, 9.17) is 25.8 Å². The minimum Gasteiger partial charge on any atom is -0.486 e. The molecule has 26 heavy (non-hydrogen) atoms. The summed E-state index contributed by atoms with van der Waals surface area (Å²) in [6.45, 7) is 0.629. The fraction of sp³-hybridized carbons (Fsp3) is 0.158. The molecule has 0 saturated carbocycles. The first kappa shape index (κ1) is 17.8. The van der Waals surface area contributed by atoms with Gasteiger partial charge < -0.3 is 19.5 Å². The number of esters is 1. The molecule has 1 N–H and O–H groups in total. The van der Waals surface area contributed by atoms with Gasteiger partial charge in [0, 0.05) is 16.8 Å². The van der Waals surface area contributed by atoms with Crippen LogP contribution in [0.25, 0.3) is 6.08 Å². The molecule has 1 heterocycles. The van der Waals surface area contributed by atoms with Crippen molar-refractivity contribution in [3.05, 3.63) is 59.1 Å². The van der Waals surface area contributed by atoms with Gasteiger partial charge in [0.1, 0.15) is 13.2 Å². The van der Waals surface area contributed by atoms with Gasteiger partial charge in [0.2, 0.25) is 0 Å². The second kappa shape index (κ2) is 8.40. The largest absolute Gasteiger partial charge is 0.486 e. The summed E-state index contributed by atoms with van der Waals surface area (Å²) in [5.41, 5.74) is 1.33. The number of amides is 1. The van der Waals surface area contributed by atoms with E-state index in [9.17, 15) is 9.59 Å². The summed E-state index contributed by atoms with van der Waals surface area (Å²) in [6.07, 6.45) is 2.83. The van der Waals surface area contributed by atoms with E-state index in [0.717, 1.165) is 5.56 Å². The van der Waals surface area contributed by atoms with Crippen molar-refractivity contribution in [2.75, 3.05) is 25.1 Å². The fourth-order valence-electron chi connectivity index (χ4n) is 2.24. The summed E-state index contributed by atoms with van der Waals surface area (Å²) in [6, 6.07) is 12.0. The minimum atomic E-state index is -0.619. The molecule has 0 aliphatic carbocycles. The van der Waals surface area contributed by atoms with Crippen LogP contribution in [0.5, 0.6) is 11.5 Å². The average molecular weight is 374 g/mol. The lowest BCUT2D eigenvalue weighted by Gasteiger charge is -2.18. The molecule has 1 amide bonds. The lowest BCUT2D eigenvalue weighted by atomic mass is 10.2. The van der Waals surface area contributed by atoms with Crippen LogP contribution >= 0.6 is 11.6 Å². The van der Waals surface area contributed by atoms with Gasteiger partial charge in [-0.25, -0.2) is 4.79 Å². The van der Waals surface area contributed by atoms with Crippen molar-refractivity contribution in [2.24, 2.45) is 0 Å². The third-order valence-electron chi connectivity index (χ3n) is 3.45. The Labute approximate surface area is 155 Å². The van der Waals surface area contributed by atoms with E-state index < -0.39 is 11.9 Å². The molecular weight excluding hydrogens is 358 g/mol. The van der Waals surface area contributed by atoms with Crippen molar-refractivity contribution >= 4 is 35.2 Å². The van der Waals surface area contributed by atoms with Gasteiger partial charge in [-0.05, 0) is 48.0 Å². The zero-order chi connectivity index (χ0) is 18.4. The lowest BCUT2D eigenvalue weighted by molar-refractivity contribution is -0.142. The van der Waals surface area contributed by atoms with E-state index in [2.05, 4.69) is 5.32 Å². The van der Waals surface area contributed by atoms with Crippen LogP contribution in [0.3, 0.4) is 0 Å². The van der Waals surface area contributed by atoms with Crippen molar-refractivity contribution in [1.82, 2.24) is 0 Å². The van der Waals surface area contributed by atoms with Gasteiger partial charge in [-0.1, -0.05) is 17.7 Å². The predicted octanol–water partition coefficient (Wildman–Crippen LogP) is 3.31. The molecule has 0 bridgehead atoms. The molecule has 0 fully saturated rings. The maximum absolute atomic E-state index is 11.8. The molecule has 7 heteroatoms. The van der Waals surface area contributed by atoms with Crippen LogP contribution in [0.1, 0.15) is 5.56 Å². The molecule has 0 saturated heterocycles. The Morgan fingerprint density at radius 1 is 1.08 bits per heavy atom. The van der Waals surface area contributed by atoms with Gasteiger partial charge >= 0.3 is 5.97 Å². The second-order valence-corrected chi connectivity index (χ2v) is 5.84. The van der Waals surface area contributed by atoms with Crippen molar-refractivity contribution in [1.29, 1.82) is 0 Å². The highest BCUT2D eigenvalue weighted by atomic mass is 35.5. The summed E-state index contributed by atoms with van der Waals surface area (Å²) in [5, 5.41) is 3.17. The maximum Gasteiger partial charge on any atom is 0.331 e. The van der Waals surface area contributed by atoms with Crippen LogP contribution in [0.2, 0.25) is 5.02 Å². The van der Waals surface area contributed by atoms with Crippen molar-refractivity contribution < 1.29 is 23.8 Å². The summed E-state index contributed by atoms with van der Waals surface area (Å²) >= 11 is 5.77. The summed E-state index contributed by atoms with van der Waals surface area (Å²) in [5.74, 6) is 0.253. The van der Waals surface area contributed by atoms with E-state index in [-0.39, 0.29) is 6.61 Å². The number of hydrogen-bond donors (Lipinski definition) is 1. The van der Waals surface area contributed by atoms with Crippen molar-refractivity contribution in [2.45, 2.75) is 0 Å². The number of anilines is 1. The molecule has 0 atom stereocenters. The Kier molecular flexibility index (Phi) is 5.76. The first-order valence-corrected chi connectivity index (χ1v) is 8.28. The molecule has 3 rings (SSSR count). The highest BCUT2D eigenvalue weighted by Gasteiger charge is 2.11. The quantitative estimate of drug-likeness (QED) is 0.643. The van der Waals surface area contributed by atoms with E-state index in [1.165, 1.54) is 6.08 Å². The number of nitrogens with one attached hydrogen (secondary N) is 1. The molecular formula is C19H16ClNO5. The van der Waals surface area contributed by atoms with E-state index in [0.29, 0.717) is 35.4 Å². The van der Waals surface area contributed by atoms with Crippen LogP contribution in [0, 0.1) is 0 Å². The van der Waals surface area contributed by atoms with Gasteiger partial charge in [0.05, 0.1) is 0 Å². The van der Waals surface area contributed by atoms with Gasteiger partial charge in [-0.2, -0.15) is 0 Å². The summed E-state index contributed by atoms with van der Waals surface area (Å²) in [7, 11) is 0. The minimum absolute atomic E-state index is 0.382. The van der Waals surface area contributed by atoms with Crippen LogP contribution in [-0.4, -0.2) is 31.7 Å². The number of ether oxygens (including phenoxy) is 3. The van der Waals surface area contributed by atoms with Crippen molar-refractivity contribution in [3.63, 3.8) is 0 Å². The van der Waals surface area contributed by atoms with E-state index >= 15 is 0 Å². The van der Waals surface area contributed by atoms with Crippen LogP contribution in [0.15, 0.2) is 48.5 Å². The molecule has 6 nitrogen and oxygen atoms in total. The zero-order valence-electron chi connectivity index (χ0n) is 13.7. The normalized spacial score (nSPS) is 12.7. The number of halogens is 1. The van der Waals surface area contributed by atoms with Crippen molar-refractivity contribution in [3.8, 4) is 11.5 Å². The first-order valence-electron chi connectivity index (χ1n) is 7.90. The average Bonchev–Trinajstić information content (AvgIpc) is 2.66. The fourth-order valence-corrected chi connectivity index (χ4v) is 2.37. The first-order chi connectivity index (χ1) is 12.6. The number of fused-ring (bicyclic) bond motifs is 1. The van der Waals surface area contributed by atoms with E-state index in [1.54, 1.807) is 48.5 Å². The Morgan fingerprint density at radius 3 is 2.58 bits per heavy atom. The summed E-state index contributed by atoms with van der Waals surface area (Å²) < 4.78 is 15.8. The highest BCUT2D eigenvalue weighted by Crippen LogP contribution is 2.31. The van der Waals surface area contributed by atoms with Crippen LogP contribution in [0.4, 0.5) is 5.69 Å². The second-order valence-electron chi connectivity index (χ2n) is 5.40. The van der Waals surface area contributed by atoms with Gasteiger partial charge in [0.15, 0.2) is 18.1 Å². The molecule has 2 aromatic carbocycles. The monoisotopic (exact) mass is 373 g/mol. The Balaban J connectivity index is 1.48. The Hall–Kier alpha value is -2.99. The molecule has 0 aromatic heterocycles. The number of carbonyl (C=O) groups excluding carboxylic acids is 2. The standard InChI is InChI=1S/C19H16ClNO5/c20-14-3-5-15(6-4-14)21-18(22)12-26-19(23)8-2-13-1-7-16-17(11-13)25-10-9-24-16/h1-8,11H,9-10,12H2,(H,21,22)/b8-2+. The van der Waals surface area contributed by atoms with Gasteiger partial charge in [-0.3, -0.25) is 4.79 Å². The lowest BCUT2D eigenvalue weighted by Crippen LogP contribution is -2.20. The number of carbonyl (C=O) groups is 2.